The lowest BCUT2D eigenvalue weighted by Gasteiger charge is -1.90. The minimum Gasteiger partial charge on any atom is -0.0882 e. The molecule has 0 nitrogen and oxygen atoms in total. The first-order chi connectivity index (χ1) is 10.9. The second kappa shape index (κ2) is 19.7. The SMILES string of the molecule is [CH2]CC/C=C\C/C=C\C/C=C\C/C=C\C/C=C\CCCCC. The van der Waals surface area contributed by atoms with Crippen LogP contribution in [0.2, 0.25) is 0 Å². The average molecular weight is 300 g/mol. The first-order valence-corrected chi connectivity index (χ1v) is 8.96. The van der Waals surface area contributed by atoms with Crippen LogP contribution in [0.5, 0.6) is 0 Å². The molecule has 0 saturated heterocycles. The highest BCUT2D eigenvalue weighted by molar-refractivity contribution is 5.00. The topological polar surface area (TPSA) is 0 Å². The monoisotopic (exact) mass is 299 g/mol. The van der Waals surface area contributed by atoms with E-state index in [1.54, 1.807) is 0 Å². The zero-order valence-corrected chi connectivity index (χ0v) is 14.6. The number of hydrogen-bond donors (Lipinski definition) is 0. The van der Waals surface area contributed by atoms with Crippen molar-refractivity contribution >= 4 is 0 Å². The Morgan fingerprint density at radius 1 is 0.545 bits per heavy atom. The maximum Gasteiger partial charge on any atom is -0.0169 e. The Morgan fingerprint density at radius 3 is 1.36 bits per heavy atom. The highest BCUT2D eigenvalue weighted by Gasteiger charge is 1.80. The van der Waals surface area contributed by atoms with E-state index in [0.717, 1.165) is 38.5 Å². The number of allylic oxidation sites excluding steroid dienone is 10. The molecule has 0 unspecified atom stereocenters. The summed E-state index contributed by atoms with van der Waals surface area (Å²) < 4.78 is 0. The Kier molecular flexibility index (Phi) is 18.5. The van der Waals surface area contributed by atoms with Crippen LogP contribution in [-0.4, -0.2) is 0 Å². The molecule has 0 heteroatoms. The van der Waals surface area contributed by atoms with E-state index < -0.39 is 0 Å². The maximum atomic E-state index is 3.81. The van der Waals surface area contributed by atoms with Gasteiger partial charge in [0.1, 0.15) is 0 Å². The summed E-state index contributed by atoms with van der Waals surface area (Å²) in [7, 11) is 0. The van der Waals surface area contributed by atoms with E-state index >= 15 is 0 Å². The molecule has 0 fully saturated rings. The molecule has 0 heterocycles. The van der Waals surface area contributed by atoms with Gasteiger partial charge in [-0.05, 0) is 51.4 Å². The van der Waals surface area contributed by atoms with E-state index in [0.29, 0.717) is 0 Å². The van der Waals surface area contributed by atoms with Crippen LogP contribution in [0, 0.1) is 6.92 Å². The zero-order chi connectivity index (χ0) is 16.1. The van der Waals surface area contributed by atoms with E-state index in [1.165, 1.54) is 25.7 Å². The van der Waals surface area contributed by atoms with Crippen LogP contribution in [0.25, 0.3) is 0 Å². The van der Waals surface area contributed by atoms with Gasteiger partial charge in [0.15, 0.2) is 0 Å². The molecule has 0 amide bonds. The molecule has 0 rings (SSSR count). The number of rotatable bonds is 14. The summed E-state index contributed by atoms with van der Waals surface area (Å²) in [5.74, 6) is 0. The van der Waals surface area contributed by atoms with Crippen molar-refractivity contribution in [2.24, 2.45) is 0 Å². The normalized spacial score (nSPS) is 13.0. The molecule has 1 radical (unpaired) electrons. The van der Waals surface area contributed by atoms with Gasteiger partial charge in [0.25, 0.3) is 0 Å². The van der Waals surface area contributed by atoms with Crippen LogP contribution >= 0.6 is 0 Å². The van der Waals surface area contributed by atoms with Crippen molar-refractivity contribution in [2.45, 2.75) is 71.1 Å². The number of unbranched alkanes of at least 4 members (excludes halogenated alkanes) is 4. The third-order valence-electron chi connectivity index (χ3n) is 3.27. The molecule has 0 N–H and O–H groups in total. The fraction of sp³-hybridized carbons (Fsp3) is 0.500. The lowest BCUT2D eigenvalue weighted by molar-refractivity contribution is 0.728. The van der Waals surface area contributed by atoms with Gasteiger partial charge in [-0.2, -0.15) is 0 Å². The molecular formula is C22H35. The van der Waals surface area contributed by atoms with Crippen LogP contribution < -0.4 is 0 Å². The lowest BCUT2D eigenvalue weighted by atomic mass is 10.2. The van der Waals surface area contributed by atoms with Crippen molar-refractivity contribution in [3.8, 4) is 0 Å². The summed E-state index contributed by atoms with van der Waals surface area (Å²) in [5, 5.41) is 0. The highest BCUT2D eigenvalue weighted by Crippen LogP contribution is 2.01. The molecule has 0 spiro atoms. The second-order valence-corrected chi connectivity index (χ2v) is 5.44. The second-order valence-electron chi connectivity index (χ2n) is 5.44. The third-order valence-corrected chi connectivity index (χ3v) is 3.27. The lowest BCUT2D eigenvalue weighted by Crippen LogP contribution is -1.70. The minimum atomic E-state index is 0.991. The Balaban J connectivity index is 3.42. The van der Waals surface area contributed by atoms with E-state index in [4.69, 9.17) is 0 Å². The van der Waals surface area contributed by atoms with Crippen molar-refractivity contribution < 1.29 is 0 Å². The minimum absolute atomic E-state index is 0.991. The molecule has 0 saturated carbocycles. The summed E-state index contributed by atoms with van der Waals surface area (Å²) in [6.07, 6.45) is 33.9. The molecule has 0 aromatic heterocycles. The first-order valence-electron chi connectivity index (χ1n) is 8.96. The predicted octanol–water partition coefficient (Wildman–Crippen LogP) is 7.52. The van der Waals surface area contributed by atoms with Crippen LogP contribution in [0.15, 0.2) is 60.8 Å². The van der Waals surface area contributed by atoms with E-state index in [-0.39, 0.29) is 0 Å². The molecule has 0 aromatic carbocycles. The van der Waals surface area contributed by atoms with Gasteiger partial charge in [-0.1, -0.05) is 87.4 Å². The summed E-state index contributed by atoms with van der Waals surface area (Å²) in [6, 6.07) is 0. The summed E-state index contributed by atoms with van der Waals surface area (Å²) >= 11 is 0. The molecule has 0 aliphatic heterocycles. The van der Waals surface area contributed by atoms with Crippen LogP contribution in [0.3, 0.4) is 0 Å². The van der Waals surface area contributed by atoms with Crippen LogP contribution in [-0.2, 0) is 0 Å². The third kappa shape index (κ3) is 18.7. The molecule has 0 aliphatic rings. The van der Waals surface area contributed by atoms with Crippen LogP contribution in [0.1, 0.15) is 71.1 Å². The van der Waals surface area contributed by atoms with Gasteiger partial charge in [0.05, 0.1) is 0 Å². The molecule has 0 aliphatic carbocycles. The fourth-order valence-corrected chi connectivity index (χ4v) is 1.95. The Bertz CT molecular complexity index is 339. The van der Waals surface area contributed by atoms with Gasteiger partial charge in [0.2, 0.25) is 0 Å². The van der Waals surface area contributed by atoms with Crippen molar-refractivity contribution in [3.05, 3.63) is 67.7 Å². The van der Waals surface area contributed by atoms with E-state index in [1.807, 2.05) is 0 Å². The van der Waals surface area contributed by atoms with Gasteiger partial charge < -0.3 is 0 Å². The molecule has 123 valence electrons. The zero-order valence-electron chi connectivity index (χ0n) is 14.6. The van der Waals surface area contributed by atoms with E-state index in [2.05, 4.69) is 74.6 Å². The first kappa shape index (κ1) is 20.7. The predicted molar refractivity (Wildman–Crippen MR) is 103 cm³/mol. The van der Waals surface area contributed by atoms with E-state index in [9.17, 15) is 0 Å². The standard InChI is InChI=1S/C22H35/c1-3-5-7-9-11-13-15-17-19-21-22-20-18-16-14-12-10-8-6-4-2/h7,9,12-15,18-21H,1,3-6,8,10-11,16-17,22H2,2H3/b9-7-,14-12-,15-13-,20-18-,21-19-. The molecule has 0 bridgehead atoms. The molecular weight excluding hydrogens is 264 g/mol. The van der Waals surface area contributed by atoms with Crippen molar-refractivity contribution in [1.29, 1.82) is 0 Å². The summed E-state index contributed by atoms with van der Waals surface area (Å²) in [5.41, 5.74) is 0. The highest BCUT2D eigenvalue weighted by atomic mass is 13.9. The van der Waals surface area contributed by atoms with Gasteiger partial charge in [0, 0.05) is 0 Å². The summed E-state index contributed by atoms with van der Waals surface area (Å²) in [4.78, 5) is 0. The van der Waals surface area contributed by atoms with Crippen LogP contribution in [0.4, 0.5) is 0 Å². The maximum absolute atomic E-state index is 3.81. The van der Waals surface area contributed by atoms with Crippen molar-refractivity contribution in [3.63, 3.8) is 0 Å². The van der Waals surface area contributed by atoms with Gasteiger partial charge >= 0.3 is 0 Å². The Hall–Kier alpha value is -1.30. The quantitative estimate of drug-likeness (QED) is 0.230. The van der Waals surface area contributed by atoms with Crippen molar-refractivity contribution in [2.75, 3.05) is 0 Å². The smallest absolute Gasteiger partial charge is 0.0169 e. The van der Waals surface area contributed by atoms with Gasteiger partial charge in [-0.25, -0.2) is 0 Å². The molecule has 0 atom stereocenters. The molecule has 0 aromatic rings. The van der Waals surface area contributed by atoms with Gasteiger partial charge in [-0.15, -0.1) is 0 Å². The number of hydrogen-bond acceptors (Lipinski definition) is 0. The average Bonchev–Trinajstić information content (AvgIpc) is 2.54. The largest absolute Gasteiger partial charge is 0.0882 e. The Morgan fingerprint density at radius 2 is 0.955 bits per heavy atom. The summed E-state index contributed by atoms with van der Waals surface area (Å²) in [6.45, 7) is 6.06. The Labute approximate surface area is 139 Å². The fourth-order valence-electron chi connectivity index (χ4n) is 1.95. The molecule has 22 heavy (non-hydrogen) atoms. The van der Waals surface area contributed by atoms with Gasteiger partial charge in [-0.3, -0.25) is 0 Å². The van der Waals surface area contributed by atoms with Crippen molar-refractivity contribution in [1.82, 2.24) is 0 Å².